The lowest BCUT2D eigenvalue weighted by atomic mass is 10.0. The molecule has 96 valence electrons. The summed E-state index contributed by atoms with van der Waals surface area (Å²) in [6.07, 6.45) is 0. The molecule has 1 heterocycles. The smallest absolute Gasteiger partial charge is 0.107 e. The zero-order chi connectivity index (χ0) is 13.3. The number of benzene rings is 1. The van der Waals surface area contributed by atoms with Gasteiger partial charge in [0, 0.05) is 13.8 Å². The number of hydrogen-bond donors (Lipinski definition) is 1. The highest BCUT2D eigenvalue weighted by Crippen LogP contribution is 2.38. The van der Waals surface area contributed by atoms with Crippen LogP contribution in [0.5, 0.6) is 0 Å². The molecule has 2 aromatic rings. The van der Waals surface area contributed by atoms with Crippen LogP contribution in [0.15, 0.2) is 33.2 Å². The van der Waals surface area contributed by atoms with E-state index in [1.807, 2.05) is 7.05 Å². The quantitative estimate of drug-likeness (QED) is 0.701. The van der Waals surface area contributed by atoms with Crippen LogP contribution in [0.3, 0.4) is 0 Å². The van der Waals surface area contributed by atoms with Gasteiger partial charge in [-0.3, -0.25) is 0 Å². The van der Waals surface area contributed by atoms with E-state index in [-0.39, 0.29) is 6.04 Å². The fraction of sp³-hybridized carbons (Fsp3) is 0.231. The molecule has 0 aliphatic rings. The lowest BCUT2D eigenvalue weighted by molar-refractivity contribution is 0.700. The summed E-state index contributed by atoms with van der Waals surface area (Å²) in [5.41, 5.74) is 2.46. The summed E-state index contributed by atoms with van der Waals surface area (Å²) in [6.45, 7) is 2.08. The summed E-state index contributed by atoms with van der Waals surface area (Å²) in [7, 11) is 1.96. The third-order valence-corrected chi connectivity index (χ3v) is 5.93. The van der Waals surface area contributed by atoms with Crippen molar-refractivity contribution in [2.45, 2.75) is 13.0 Å². The lowest BCUT2D eigenvalue weighted by Gasteiger charge is -2.17. The van der Waals surface area contributed by atoms with E-state index in [4.69, 9.17) is 11.6 Å². The van der Waals surface area contributed by atoms with Gasteiger partial charge < -0.3 is 5.32 Å². The molecule has 1 aromatic carbocycles. The zero-order valence-electron chi connectivity index (χ0n) is 9.93. The maximum Gasteiger partial charge on any atom is 0.107 e. The molecule has 0 bridgehead atoms. The van der Waals surface area contributed by atoms with Crippen molar-refractivity contribution in [3.05, 3.63) is 53.6 Å². The van der Waals surface area contributed by atoms with Gasteiger partial charge in [0.05, 0.1) is 6.04 Å². The first-order valence-corrected chi connectivity index (χ1v) is 8.19. The third kappa shape index (κ3) is 2.99. The van der Waals surface area contributed by atoms with Gasteiger partial charge >= 0.3 is 0 Å². The van der Waals surface area contributed by atoms with Crippen molar-refractivity contribution in [2.24, 2.45) is 0 Å². The van der Waals surface area contributed by atoms with Gasteiger partial charge in [-0.05, 0) is 53.2 Å². The van der Waals surface area contributed by atoms with Gasteiger partial charge in [-0.15, -0.1) is 11.3 Å². The molecule has 0 spiro atoms. The first-order chi connectivity index (χ1) is 8.52. The Bertz CT molecular complexity index is 549. The highest BCUT2D eigenvalue weighted by molar-refractivity contribution is 9.10. The number of nitrogens with one attached hydrogen (secondary N) is 1. The van der Waals surface area contributed by atoms with Gasteiger partial charge in [-0.2, -0.15) is 0 Å². The zero-order valence-corrected chi connectivity index (χ0v) is 14.7. The van der Waals surface area contributed by atoms with Crippen LogP contribution in [0.4, 0.5) is 0 Å². The molecule has 0 saturated heterocycles. The van der Waals surface area contributed by atoms with Crippen LogP contribution in [-0.2, 0) is 0 Å². The van der Waals surface area contributed by atoms with Crippen LogP contribution in [0.2, 0.25) is 4.34 Å². The molecule has 1 unspecified atom stereocenters. The molecule has 5 heteroatoms. The van der Waals surface area contributed by atoms with Crippen molar-refractivity contribution in [3.8, 4) is 0 Å². The van der Waals surface area contributed by atoms with Gasteiger partial charge in [0.1, 0.15) is 4.34 Å². The second kappa shape index (κ2) is 6.06. The van der Waals surface area contributed by atoms with E-state index in [0.717, 1.165) is 13.3 Å². The highest BCUT2D eigenvalue weighted by atomic mass is 79.9. The van der Waals surface area contributed by atoms with Crippen molar-refractivity contribution >= 4 is 54.8 Å². The summed E-state index contributed by atoms with van der Waals surface area (Å²) in [5, 5.41) is 3.34. The molecule has 1 N–H and O–H groups in total. The van der Waals surface area contributed by atoms with E-state index in [1.165, 1.54) is 16.0 Å². The topological polar surface area (TPSA) is 12.0 Å². The Labute approximate surface area is 133 Å². The number of hydrogen-bond acceptors (Lipinski definition) is 2. The predicted octanol–water partition coefficient (Wildman–Crippen LogP) is 5.54. The monoisotopic (exact) mass is 407 g/mol. The summed E-state index contributed by atoms with van der Waals surface area (Å²) >= 11 is 14.8. The Morgan fingerprint density at radius 2 is 1.94 bits per heavy atom. The van der Waals surface area contributed by atoms with Gasteiger partial charge in [0.25, 0.3) is 0 Å². The van der Waals surface area contributed by atoms with Crippen molar-refractivity contribution in [1.29, 1.82) is 0 Å². The molecule has 0 amide bonds. The molecule has 0 aliphatic carbocycles. The minimum absolute atomic E-state index is 0.147. The SMILES string of the molecule is CNC(c1cc(Br)c(Cl)s1)c1ccc(C)cc1Br. The number of rotatable bonds is 3. The molecule has 0 radical (unpaired) electrons. The average Bonchev–Trinajstić information content (AvgIpc) is 2.63. The van der Waals surface area contributed by atoms with Crippen molar-refractivity contribution < 1.29 is 0 Å². The van der Waals surface area contributed by atoms with Gasteiger partial charge in [0.15, 0.2) is 0 Å². The minimum Gasteiger partial charge on any atom is -0.309 e. The maximum atomic E-state index is 6.12. The van der Waals surface area contributed by atoms with E-state index >= 15 is 0 Å². The van der Waals surface area contributed by atoms with Crippen molar-refractivity contribution in [1.82, 2.24) is 5.32 Å². The minimum atomic E-state index is 0.147. The second-order valence-electron chi connectivity index (χ2n) is 4.02. The van der Waals surface area contributed by atoms with Crippen molar-refractivity contribution in [3.63, 3.8) is 0 Å². The standard InChI is InChI=1S/C13H12Br2ClNS/c1-7-3-4-8(9(14)5-7)12(17-2)11-6-10(15)13(16)18-11/h3-6,12,17H,1-2H3. The van der Waals surface area contributed by atoms with Gasteiger partial charge in [-0.25, -0.2) is 0 Å². The Morgan fingerprint density at radius 1 is 1.22 bits per heavy atom. The predicted molar refractivity (Wildman–Crippen MR) is 86.8 cm³/mol. The molecule has 1 atom stereocenters. The fourth-order valence-corrected chi connectivity index (χ4v) is 4.41. The fourth-order valence-electron chi connectivity index (χ4n) is 1.82. The van der Waals surface area contributed by atoms with Crippen LogP contribution >= 0.6 is 54.8 Å². The van der Waals surface area contributed by atoms with E-state index < -0.39 is 0 Å². The Kier molecular flexibility index (Phi) is 4.89. The largest absolute Gasteiger partial charge is 0.309 e. The second-order valence-corrected chi connectivity index (χ2v) is 7.41. The molecule has 1 nitrogen and oxygen atoms in total. The van der Waals surface area contributed by atoms with Crippen LogP contribution in [-0.4, -0.2) is 7.05 Å². The first-order valence-electron chi connectivity index (χ1n) is 5.41. The summed E-state index contributed by atoms with van der Waals surface area (Å²) in [4.78, 5) is 1.19. The van der Waals surface area contributed by atoms with Crippen LogP contribution < -0.4 is 5.32 Å². The number of halogens is 3. The molecular formula is C13H12Br2ClNS. The van der Waals surface area contributed by atoms with Gasteiger partial charge in [0.2, 0.25) is 0 Å². The molecule has 2 rings (SSSR count). The molecule has 0 saturated carbocycles. The van der Waals surface area contributed by atoms with Crippen molar-refractivity contribution in [2.75, 3.05) is 7.05 Å². The molecule has 18 heavy (non-hydrogen) atoms. The van der Waals surface area contributed by atoms with E-state index in [2.05, 4.69) is 68.4 Å². The molecule has 1 aromatic heterocycles. The van der Waals surface area contributed by atoms with Crippen LogP contribution in [0, 0.1) is 6.92 Å². The number of aryl methyl sites for hydroxylation is 1. The first kappa shape index (κ1) is 14.5. The Balaban J connectivity index is 2.45. The van der Waals surface area contributed by atoms with Gasteiger partial charge in [-0.1, -0.05) is 39.7 Å². The number of thiophene rings is 1. The molecular weight excluding hydrogens is 397 g/mol. The Hall–Kier alpha value is 0.130. The third-order valence-electron chi connectivity index (χ3n) is 2.70. The average molecular weight is 410 g/mol. The maximum absolute atomic E-state index is 6.12. The molecule has 0 aliphatic heterocycles. The lowest BCUT2D eigenvalue weighted by Crippen LogP contribution is -2.17. The summed E-state index contributed by atoms with van der Waals surface area (Å²) in [6, 6.07) is 8.61. The highest BCUT2D eigenvalue weighted by Gasteiger charge is 2.18. The Morgan fingerprint density at radius 3 is 2.44 bits per heavy atom. The summed E-state index contributed by atoms with van der Waals surface area (Å²) < 4.78 is 2.85. The van der Waals surface area contributed by atoms with Crippen LogP contribution in [0.25, 0.3) is 0 Å². The van der Waals surface area contributed by atoms with E-state index in [1.54, 1.807) is 11.3 Å². The molecule has 0 fully saturated rings. The van der Waals surface area contributed by atoms with E-state index in [0.29, 0.717) is 0 Å². The van der Waals surface area contributed by atoms with Crippen LogP contribution in [0.1, 0.15) is 22.0 Å². The summed E-state index contributed by atoms with van der Waals surface area (Å²) in [5.74, 6) is 0. The normalized spacial score (nSPS) is 12.7. The van der Waals surface area contributed by atoms with E-state index in [9.17, 15) is 0 Å².